The van der Waals surface area contributed by atoms with Crippen molar-refractivity contribution in [2.45, 2.75) is 6.54 Å². The van der Waals surface area contributed by atoms with Gasteiger partial charge in [-0.1, -0.05) is 12.1 Å². The molecule has 0 saturated heterocycles. The van der Waals surface area contributed by atoms with Gasteiger partial charge in [-0.25, -0.2) is 9.48 Å². The van der Waals surface area contributed by atoms with E-state index >= 15 is 0 Å². The molecule has 0 atom stereocenters. The van der Waals surface area contributed by atoms with Crippen molar-refractivity contribution in [2.75, 3.05) is 0 Å². The van der Waals surface area contributed by atoms with E-state index in [1.54, 1.807) is 41.3 Å². The van der Waals surface area contributed by atoms with Gasteiger partial charge in [-0.05, 0) is 40.3 Å². The average Bonchev–Trinajstić information content (AvgIpc) is 2.97. The normalized spacial score (nSPS) is 10.5. The lowest BCUT2D eigenvalue weighted by Gasteiger charge is -2.05. The van der Waals surface area contributed by atoms with Crippen LogP contribution in [0.1, 0.15) is 15.9 Å². The van der Waals surface area contributed by atoms with E-state index in [2.05, 4.69) is 20.5 Å². The van der Waals surface area contributed by atoms with Gasteiger partial charge in [0, 0.05) is 18.0 Å². The first-order chi connectivity index (χ1) is 10.2. The zero-order valence-corrected chi connectivity index (χ0v) is 10.9. The maximum atomic E-state index is 10.8. The first kappa shape index (κ1) is 12.9. The molecule has 0 unspecified atom stereocenters. The highest BCUT2D eigenvalue weighted by atomic mass is 16.4. The zero-order chi connectivity index (χ0) is 14.7. The number of nitrogens with zero attached hydrogens (tertiary/aromatic N) is 5. The Balaban J connectivity index is 1.86. The number of benzene rings is 1. The fraction of sp³-hybridized carbons (Fsp3) is 0.0714. The number of carbonyl (C=O) groups is 1. The largest absolute Gasteiger partial charge is 0.478 e. The minimum Gasteiger partial charge on any atom is -0.478 e. The molecule has 0 radical (unpaired) electrons. The van der Waals surface area contributed by atoms with E-state index in [1.807, 2.05) is 12.1 Å². The number of carboxylic acids is 1. The maximum Gasteiger partial charge on any atom is 0.335 e. The highest BCUT2D eigenvalue weighted by molar-refractivity contribution is 5.87. The fourth-order valence-corrected chi connectivity index (χ4v) is 1.94. The Kier molecular flexibility index (Phi) is 3.38. The molecular formula is C14H11N5O2. The third kappa shape index (κ3) is 2.76. The Labute approximate surface area is 119 Å². The quantitative estimate of drug-likeness (QED) is 0.778. The predicted molar refractivity (Wildman–Crippen MR) is 73.6 cm³/mol. The SMILES string of the molecule is O=C(O)c1ccc(Cn2nnnc2-c2cccnc2)cc1. The van der Waals surface area contributed by atoms with Gasteiger partial charge in [-0.3, -0.25) is 4.98 Å². The summed E-state index contributed by atoms with van der Waals surface area (Å²) in [6, 6.07) is 10.3. The molecule has 0 aliphatic rings. The minimum absolute atomic E-state index is 0.253. The number of rotatable bonds is 4. The molecule has 0 spiro atoms. The second kappa shape index (κ2) is 5.49. The van der Waals surface area contributed by atoms with Crippen molar-refractivity contribution < 1.29 is 9.90 Å². The van der Waals surface area contributed by atoms with E-state index in [-0.39, 0.29) is 5.56 Å². The van der Waals surface area contributed by atoms with Gasteiger partial charge >= 0.3 is 5.97 Å². The van der Waals surface area contributed by atoms with Crippen molar-refractivity contribution in [1.82, 2.24) is 25.2 Å². The molecular weight excluding hydrogens is 270 g/mol. The van der Waals surface area contributed by atoms with Crippen LogP contribution in [0.5, 0.6) is 0 Å². The number of carboxylic acid groups (broad SMARTS) is 1. The molecule has 2 heterocycles. The third-order valence-electron chi connectivity index (χ3n) is 2.98. The molecule has 1 N–H and O–H groups in total. The van der Waals surface area contributed by atoms with E-state index in [0.717, 1.165) is 11.1 Å². The second-order valence-corrected chi connectivity index (χ2v) is 4.40. The molecule has 0 amide bonds. The summed E-state index contributed by atoms with van der Waals surface area (Å²) in [5.74, 6) is -0.328. The number of pyridine rings is 1. The van der Waals surface area contributed by atoms with Crippen LogP contribution in [0.2, 0.25) is 0 Å². The van der Waals surface area contributed by atoms with Gasteiger partial charge in [0.15, 0.2) is 5.82 Å². The molecule has 7 nitrogen and oxygen atoms in total. The molecule has 0 fully saturated rings. The maximum absolute atomic E-state index is 10.8. The van der Waals surface area contributed by atoms with Gasteiger partial charge in [0.25, 0.3) is 0 Å². The number of aromatic nitrogens is 5. The Morgan fingerprint density at radius 1 is 1.19 bits per heavy atom. The predicted octanol–water partition coefficient (Wildman–Crippen LogP) is 1.48. The van der Waals surface area contributed by atoms with Crippen LogP contribution in [-0.2, 0) is 6.54 Å². The Morgan fingerprint density at radius 3 is 2.67 bits per heavy atom. The first-order valence-electron chi connectivity index (χ1n) is 6.23. The van der Waals surface area contributed by atoms with E-state index in [0.29, 0.717) is 12.4 Å². The average molecular weight is 281 g/mol. The van der Waals surface area contributed by atoms with E-state index < -0.39 is 5.97 Å². The van der Waals surface area contributed by atoms with Gasteiger partial charge in [-0.2, -0.15) is 0 Å². The van der Waals surface area contributed by atoms with Gasteiger partial charge in [-0.15, -0.1) is 5.10 Å². The topological polar surface area (TPSA) is 93.8 Å². The zero-order valence-electron chi connectivity index (χ0n) is 10.9. The summed E-state index contributed by atoms with van der Waals surface area (Å²) in [4.78, 5) is 14.9. The molecule has 3 rings (SSSR count). The molecule has 0 bridgehead atoms. The lowest BCUT2D eigenvalue weighted by Crippen LogP contribution is -2.05. The summed E-state index contributed by atoms with van der Waals surface area (Å²) in [6.45, 7) is 0.455. The third-order valence-corrected chi connectivity index (χ3v) is 2.98. The highest BCUT2D eigenvalue weighted by Gasteiger charge is 2.09. The molecule has 104 valence electrons. The molecule has 21 heavy (non-hydrogen) atoms. The van der Waals surface area contributed by atoms with E-state index in [9.17, 15) is 4.79 Å². The van der Waals surface area contributed by atoms with Crippen LogP contribution in [-0.4, -0.2) is 36.3 Å². The summed E-state index contributed by atoms with van der Waals surface area (Å²) in [7, 11) is 0. The summed E-state index contributed by atoms with van der Waals surface area (Å²) >= 11 is 0. The second-order valence-electron chi connectivity index (χ2n) is 4.40. The Hall–Kier alpha value is -3.09. The van der Waals surface area contributed by atoms with Crippen molar-refractivity contribution in [3.8, 4) is 11.4 Å². The van der Waals surface area contributed by atoms with Crippen LogP contribution >= 0.6 is 0 Å². The molecule has 7 heteroatoms. The van der Waals surface area contributed by atoms with Crippen molar-refractivity contribution in [3.05, 3.63) is 59.9 Å². The minimum atomic E-state index is -0.944. The highest BCUT2D eigenvalue weighted by Crippen LogP contribution is 2.15. The van der Waals surface area contributed by atoms with Gasteiger partial charge in [0.1, 0.15) is 0 Å². The van der Waals surface area contributed by atoms with Gasteiger partial charge < -0.3 is 5.11 Å². The Bertz CT molecular complexity index is 753. The molecule has 0 aliphatic heterocycles. The summed E-state index contributed by atoms with van der Waals surface area (Å²) in [5.41, 5.74) is 1.99. The van der Waals surface area contributed by atoms with Crippen molar-refractivity contribution in [1.29, 1.82) is 0 Å². The van der Waals surface area contributed by atoms with Crippen LogP contribution in [0.4, 0.5) is 0 Å². The van der Waals surface area contributed by atoms with E-state index in [4.69, 9.17) is 5.11 Å². The molecule has 0 saturated carbocycles. The fourth-order valence-electron chi connectivity index (χ4n) is 1.94. The van der Waals surface area contributed by atoms with Crippen LogP contribution < -0.4 is 0 Å². The van der Waals surface area contributed by atoms with Crippen LogP contribution in [0, 0.1) is 0 Å². The first-order valence-corrected chi connectivity index (χ1v) is 6.23. The van der Waals surface area contributed by atoms with Crippen LogP contribution in [0.15, 0.2) is 48.8 Å². The summed E-state index contributed by atoms with van der Waals surface area (Å²) in [5, 5.41) is 20.5. The number of tetrazole rings is 1. The van der Waals surface area contributed by atoms with Crippen molar-refractivity contribution in [3.63, 3.8) is 0 Å². The van der Waals surface area contributed by atoms with Crippen molar-refractivity contribution in [2.24, 2.45) is 0 Å². The monoisotopic (exact) mass is 281 g/mol. The van der Waals surface area contributed by atoms with Crippen molar-refractivity contribution >= 4 is 5.97 Å². The number of aromatic carboxylic acids is 1. The smallest absolute Gasteiger partial charge is 0.335 e. The lowest BCUT2D eigenvalue weighted by molar-refractivity contribution is 0.0697. The number of hydrogen-bond donors (Lipinski definition) is 1. The van der Waals surface area contributed by atoms with Gasteiger partial charge in [0.2, 0.25) is 0 Å². The summed E-state index contributed by atoms with van der Waals surface area (Å²) < 4.78 is 1.65. The molecule has 2 aromatic heterocycles. The Morgan fingerprint density at radius 2 is 2.00 bits per heavy atom. The summed E-state index contributed by atoms with van der Waals surface area (Å²) in [6.07, 6.45) is 3.37. The van der Waals surface area contributed by atoms with Crippen LogP contribution in [0.25, 0.3) is 11.4 Å². The lowest BCUT2D eigenvalue weighted by atomic mass is 10.1. The molecule has 1 aromatic carbocycles. The molecule has 0 aliphatic carbocycles. The van der Waals surface area contributed by atoms with E-state index in [1.165, 1.54) is 0 Å². The number of hydrogen-bond acceptors (Lipinski definition) is 5. The molecule has 3 aromatic rings. The standard InChI is InChI=1S/C14H11N5O2/c20-14(21)11-5-3-10(4-6-11)9-19-13(16-17-18-19)12-2-1-7-15-8-12/h1-8H,9H2,(H,20,21). The van der Waals surface area contributed by atoms with Crippen LogP contribution in [0.3, 0.4) is 0 Å². The van der Waals surface area contributed by atoms with Gasteiger partial charge in [0.05, 0.1) is 12.1 Å².